The van der Waals surface area contributed by atoms with Gasteiger partial charge >= 0.3 is 0 Å². The van der Waals surface area contributed by atoms with Crippen molar-refractivity contribution < 1.29 is 0 Å². The van der Waals surface area contributed by atoms with Crippen LogP contribution in [0, 0.1) is 22.7 Å². The molecule has 0 aliphatic carbocycles. The predicted molar refractivity (Wildman–Crippen MR) is 224 cm³/mol. The van der Waals surface area contributed by atoms with Crippen LogP contribution in [0.5, 0.6) is 0 Å². The van der Waals surface area contributed by atoms with Gasteiger partial charge in [0.2, 0.25) is 0 Å². The van der Waals surface area contributed by atoms with Crippen molar-refractivity contribution in [2.45, 2.75) is 0 Å². The Kier molecular flexibility index (Phi) is 6.61. The maximum absolute atomic E-state index is 10.7. The summed E-state index contributed by atoms with van der Waals surface area (Å²) in [5.41, 5.74) is 12.5. The normalized spacial score (nSPS) is 11.6. The summed E-state index contributed by atoms with van der Waals surface area (Å²) in [4.78, 5) is 0. The summed E-state index contributed by atoms with van der Waals surface area (Å²) in [6.45, 7) is 0. The number of hydrogen-bond acceptors (Lipinski definition) is 2. The van der Waals surface area contributed by atoms with Crippen LogP contribution in [0.1, 0.15) is 11.1 Å². The Morgan fingerprint density at radius 2 is 0.818 bits per heavy atom. The van der Waals surface area contributed by atoms with E-state index in [0.717, 1.165) is 71.8 Å². The van der Waals surface area contributed by atoms with Crippen LogP contribution in [-0.4, -0.2) is 13.7 Å². The van der Waals surface area contributed by atoms with Crippen LogP contribution in [0.3, 0.4) is 0 Å². The standard InChI is InChI=1S/C50H29N5/c51-30-32-21-24-42-40-14-4-8-18-46(40)54(50(42)27-32)34-22-25-36(33(28-34)31-52)37-11-1-9-19-47(37)55-48-20-10-5-15-41(48)43-29-35(23-26-49(43)55)53-44-16-6-2-12-38(44)39-13-3-7-17-45(39)53/h1-29H. The average Bonchev–Trinajstić information content (AvgIpc) is 3.88. The predicted octanol–water partition coefficient (Wildman–Crippen LogP) is 12.4. The number of nitriles is 2. The molecule has 5 heteroatoms. The van der Waals surface area contributed by atoms with Crippen molar-refractivity contribution in [3.05, 3.63) is 187 Å². The molecule has 0 unspecified atom stereocenters. The first kappa shape index (κ1) is 30.7. The lowest BCUT2D eigenvalue weighted by Gasteiger charge is -2.16. The monoisotopic (exact) mass is 699 g/mol. The van der Waals surface area contributed by atoms with Gasteiger partial charge in [0.15, 0.2) is 0 Å². The van der Waals surface area contributed by atoms with E-state index >= 15 is 0 Å². The van der Waals surface area contributed by atoms with Crippen LogP contribution >= 0.6 is 0 Å². The molecule has 0 fully saturated rings. The van der Waals surface area contributed by atoms with Crippen LogP contribution < -0.4 is 0 Å². The van der Waals surface area contributed by atoms with Gasteiger partial charge in [0.25, 0.3) is 0 Å². The Bertz CT molecular complexity index is 3420. The summed E-state index contributed by atoms with van der Waals surface area (Å²) in [6, 6.07) is 65.9. The first-order valence-corrected chi connectivity index (χ1v) is 18.3. The summed E-state index contributed by atoms with van der Waals surface area (Å²) in [5, 5.41) is 27.4. The largest absolute Gasteiger partial charge is 0.309 e. The van der Waals surface area contributed by atoms with Crippen molar-refractivity contribution in [1.29, 1.82) is 10.5 Å². The van der Waals surface area contributed by atoms with Gasteiger partial charge < -0.3 is 13.7 Å². The zero-order valence-electron chi connectivity index (χ0n) is 29.5. The molecule has 254 valence electrons. The first-order chi connectivity index (χ1) is 27.2. The Morgan fingerprint density at radius 1 is 0.327 bits per heavy atom. The van der Waals surface area contributed by atoms with Gasteiger partial charge in [0.1, 0.15) is 0 Å². The van der Waals surface area contributed by atoms with E-state index in [0.29, 0.717) is 11.1 Å². The molecule has 3 heterocycles. The molecule has 11 aromatic rings. The second-order valence-corrected chi connectivity index (χ2v) is 14.0. The topological polar surface area (TPSA) is 62.4 Å². The fraction of sp³-hybridized carbons (Fsp3) is 0. The number of nitrogens with zero attached hydrogens (tertiary/aromatic N) is 5. The second kappa shape index (κ2) is 11.8. The van der Waals surface area contributed by atoms with E-state index in [1.54, 1.807) is 0 Å². The number of hydrogen-bond donors (Lipinski definition) is 0. The highest BCUT2D eigenvalue weighted by Crippen LogP contribution is 2.40. The number of benzene rings is 8. The SMILES string of the molecule is N#Cc1ccc2c3ccccc3n(-c3ccc(-c4ccccc4-n4c5ccccc5c5cc(-n6c7ccccc7c7ccccc76)ccc54)c(C#N)c3)c2c1. The van der Waals surface area contributed by atoms with Crippen molar-refractivity contribution in [2.75, 3.05) is 0 Å². The van der Waals surface area contributed by atoms with E-state index in [2.05, 4.69) is 159 Å². The van der Waals surface area contributed by atoms with E-state index in [1.165, 1.54) is 21.8 Å². The summed E-state index contributed by atoms with van der Waals surface area (Å²) in [5.74, 6) is 0. The molecule has 0 saturated heterocycles. The second-order valence-electron chi connectivity index (χ2n) is 14.0. The van der Waals surface area contributed by atoms with Crippen LogP contribution in [0.4, 0.5) is 0 Å². The first-order valence-electron chi connectivity index (χ1n) is 18.3. The van der Waals surface area contributed by atoms with Crippen LogP contribution in [0.2, 0.25) is 0 Å². The van der Waals surface area contributed by atoms with Crippen molar-refractivity contribution in [1.82, 2.24) is 13.7 Å². The maximum atomic E-state index is 10.7. The van der Waals surface area contributed by atoms with Gasteiger partial charge in [-0.05, 0) is 72.8 Å². The van der Waals surface area contributed by atoms with E-state index in [9.17, 15) is 10.5 Å². The minimum atomic E-state index is 0.571. The van der Waals surface area contributed by atoms with E-state index < -0.39 is 0 Å². The zero-order valence-corrected chi connectivity index (χ0v) is 29.5. The molecule has 0 radical (unpaired) electrons. The van der Waals surface area contributed by atoms with Gasteiger partial charge in [0, 0.05) is 54.8 Å². The van der Waals surface area contributed by atoms with Crippen LogP contribution in [0.15, 0.2) is 176 Å². The summed E-state index contributed by atoms with van der Waals surface area (Å²) in [6.07, 6.45) is 0. The van der Waals surface area contributed by atoms with Gasteiger partial charge in [0.05, 0.1) is 62.1 Å². The molecular weight excluding hydrogens is 671 g/mol. The van der Waals surface area contributed by atoms with Gasteiger partial charge in [-0.25, -0.2) is 0 Å². The minimum Gasteiger partial charge on any atom is -0.309 e. The van der Waals surface area contributed by atoms with Gasteiger partial charge in [-0.3, -0.25) is 0 Å². The summed E-state index contributed by atoms with van der Waals surface area (Å²) < 4.78 is 6.86. The lowest BCUT2D eigenvalue weighted by molar-refractivity contribution is 1.16. The minimum absolute atomic E-state index is 0.571. The van der Waals surface area contributed by atoms with Crippen molar-refractivity contribution >= 4 is 65.4 Å². The Hall–Kier alpha value is -7.86. The molecule has 3 aromatic heterocycles. The molecular formula is C50H29N5. The number of aromatic nitrogens is 3. The van der Waals surface area contributed by atoms with Gasteiger partial charge in [-0.15, -0.1) is 0 Å². The third-order valence-electron chi connectivity index (χ3n) is 11.1. The smallest absolute Gasteiger partial charge is 0.0998 e. The number of para-hydroxylation sites is 5. The quantitative estimate of drug-likeness (QED) is 0.184. The highest BCUT2D eigenvalue weighted by molar-refractivity contribution is 6.13. The molecule has 0 N–H and O–H groups in total. The van der Waals surface area contributed by atoms with E-state index in [-0.39, 0.29) is 0 Å². The molecule has 0 atom stereocenters. The van der Waals surface area contributed by atoms with E-state index in [1.807, 2.05) is 42.5 Å². The molecule has 0 bridgehead atoms. The summed E-state index contributed by atoms with van der Waals surface area (Å²) >= 11 is 0. The summed E-state index contributed by atoms with van der Waals surface area (Å²) in [7, 11) is 0. The molecule has 0 saturated carbocycles. The molecule has 5 nitrogen and oxygen atoms in total. The number of rotatable bonds is 4. The third kappa shape index (κ3) is 4.45. The van der Waals surface area contributed by atoms with Crippen molar-refractivity contribution in [3.8, 4) is 40.3 Å². The highest BCUT2D eigenvalue weighted by atomic mass is 15.0. The molecule has 8 aromatic carbocycles. The lowest BCUT2D eigenvalue weighted by Crippen LogP contribution is -2.00. The maximum Gasteiger partial charge on any atom is 0.0998 e. The Morgan fingerprint density at radius 3 is 1.45 bits per heavy atom. The van der Waals surface area contributed by atoms with Crippen LogP contribution in [0.25, 0.3) is 93.6 Å². The zero-order chi connectivity index (χ0) is 36.6. The van der Waals surface area contributed by atoms with Crippen molar-refractivity contribution in [2.24, 2.45) is 0 Å². The van der Waals surface area contributed by atoms with Crippen LogP contribution in [-0.2, 0) is 0 Å². The molecule has 11 rings (SSSR count). The molecule has 0 aliphatic heterocycles. The van der Waals surface area contributed by atoms with Gasteiger partial charge in [-0.2, -0.15) is 10.5 Å². The lowest BCUT2D eigenvalue weighted by atomic mass is 9.97. The Labute approximate surface area is 316 Å². The average molecular weight is 700 g/mol. The molecule has 0 aliphatic rings. The van der Waals surface area contributed by atoms with E-state index in [4.69, 9.17) is 0 Å². The highest BCUT2D eigenvalue weighted by Gasteiger charge is 2.20. The van der Waals surface area contributed by atoms with Crippen molar-refractivity contribution in [3.63, 3.8) is 0 Å². The molecule has 0 amide bonds. The molecule has 0 spiro atoms. The fourth-order valence-corrected chi connectivity index (χ4v) is 8.77. The third-order valence-corrected chi connectivity index (χ3v) is 11.1. The molecule has 55 heavy (non-hydrogen) atoms. The Balaban J connectivity index is 1.11. The fourth-order valence-electron chi connectivity index (χ4n) is 8.77. The van der Waals surface area contributed by atoms with Gasteiger partial charge in [-0.1, -0.05) is 103 Å². The number of fused-ring (bicyclic) bond motifs is 9.